The van der Waals surface area contributed by atoms with Gasteiger partial charge in [0.1, 0.15) is 23.9 Å². The first-order valence-electron chi connectivity index (χ1n) is 15.3. The Kier molecular flexibility index (Phi) is 8.95. The van der Waals surface area contributed by atoms with Crippen LogP contribution in [0.15, 0.2) is 72.9 Å². The number of nitrogens with zero attached hydrogens (tertiary/aromatic N) is 3. The van der Waals surface area contributed by atoms with Gasteiger partial charge in [-0.05, 0) is 62.1 Å². The molecule has 0 radical (unpaired) electrons. The second-order valence-corrected chi connectivity index (χ2v) is 11.8. The first kappa shape index (κ1) is 29.2. The van der Waals surface area contributed by atoms with Crippen LogP contribution in [0.5, 0.6) is 11.5 Å². The van der Waals surface area contributed by atoms with Crippen molar-refractivity contribution < 1.29 is 18.7 Å². The van der Waals surface area contributed by atoms with Crippen LogP contribution in [0.2, 0.25) is 0 Å². The van der Waals surface area contributed by atoms with Crippen LogP contribution in [-0.2, 0) is 13.1 Å². The minimum absolute atomic E-state index is 0.0738. The molecule has 4 heterocycles. The Balaban J connectivity index is 1.05. The standard InChI is InChI=1S/C35H41FN4O3/c1-25-6-3-7-26(20-25)21-37-35(41)32-24-40(34-31(32)8-4-9-33(34)42-2)17-5-16-38-22-29-13-12-28(38)23-39(29)18-19-43-30-14-10-27(36)11-15-30/h3-4,6-11,14-15,20,24,28-29H,5,12-13,16-19,21-23H2,1-2H3,(H,37,41)/t28-,29-/m0/s1. The van der Waals surface area contributed by atoms with Gasteiger partial charge >= 0.3 is 0 Å². The van der Waals surface area contributed by atoms with Crippen LogP contribution in [0, 0.1) is 12.7 Å². The predicted molar refractivity (Wildman–Crippen MR) is 167 cm³/mol. The van der Waals surface area contributed by atoms with Gasteiger partial charge in [0.25, 0.3) is 5.91 Å². The molecule has 7 nitrogen and oxygen atoms in total. The summed E-state index contributed by atoms with van der Waals surface area (Å²) in [5.74, 6) is 1.18. The van der Waals surface area contributed by atoms with Crippen molar-refractivity contribution in [3.63, 3.8) is 0 Å². The number of fused-ring (bicyclic) bond motifs is 4. The van der Waals surface area contributed by atoms with Crippen LogP contribution >= 0.6 is 0 Å². The number of hydrogen-bond donors (Lipinski definition) is 1. The van der Waals surface area contributed by atoms with E-state index < -0.39 is 0 Å². The molecule has 0 unspecified atom stereocenters. The molecule has 43 heavy (non-hydrogen) atoms. The molecule has 3 aliphatic rings. The number of carbonyl (C=O) groups is 1. The van der Waals surface area contributed by atoms with E-state index in [1.807, 2.05) is 36.5 Å². The number of ether oxygens (including phenoxy) is 2. The molecule has 8 heteroatoms. The molecule has 2 atom stereocenters. The number of piperidine rings is 2. The van der Waals surface area contributed by atoms with E-state index in [4.69, 9.17) is 9.47 Å². The number of halogens is 1. The van der Waals surface area contributed by atoms with Gasteiger partial charge in [-0.2, -0.15) is 0 Å². The van der Waals surface area contributed by atoms with Gasteiger partial charge < -0.3 is 19.4 Å². The molecule has 1 aromatic heterocycles. The Labute approximate surface area is 253 Å². The number of hydrogen-bond acceptors (Lipinski definition) is 5. The van der Waals surface area contributed by atoms with Crippen LogP contribution in [-0.4, -0.2) is 72.3 Å². The fraction of sp³-hybridized carbons (Fsp3) is 0.400. The molecule has 0 saturated carbocycles. The summed E-state index contributed by atoms with van der Waals surface area (Å²) in [6, 6.07) is 21.5. The van der Waals surface area contributed by atoms with E-state index in [9.17, 15) is 9.18 Å². The lowest BCUT2D eigenvalue weighted by Gasteiger charge is -2.51. The fourth-order valence-electron chi connectivity index (χ4n) is 6.75. The summed E-state index contributed by atoms with van der Waals surface area (Å²) in [5.41, 5.74) is 3.92. The van der Waals surface area contributed by atoms with Gasteiger partial charge in [-0.3, -0.25) is 14.6 Å². The summed E-state index contributed by atoms with van der Waals surface area (Å²) in [6.45, 7) is 8.00. The Morgan fingerprint density at radius 2 is 1.70 bits per heavy atom. The zero-order chi connectivity index (χ0) is 29.8. The van der Waals surface area contributed by atoms with E-state index in [-0.39, 0.29) is 11.7 Å². The highest BCUT2D eigenvalue weighted by molar-refractivity contribution is 6.08. The Morgan fingerprint density at radius 3 is 2.42 bits per heavy atom. The second kappa shape index (κ2) is 13.2. The maximum atomic E-state index is 13.3. The predicted octanol–water partition coefficient (Wildman–Crippen LogP) is 5.65. The number of nitrogens with one attached hydrogen (secondary N) is 1. The number of piperazine rings is 1. The summed E-state index contributed by atoms with van der Waals surface area (Å²) in [6.07, 6.45) is 5.43. The van der Waals surface area contributed by atoms with Crippen molar-refractivity contribution in [1.29, 1.82) is 0 Å². The highest BCUT2D eigenvalue weighted by atomic mass is 19.1. The van der Waals surface area contributed by atoms with Gasteiger partial charge in [-0.15, -0.1) is 0 Å². The van der Waals surface area contributed by atoms with E-state index in [0.717, 1.165) is 61.4 Å². The zero-order valence-electron chi connectivity index (χ0n) is 25.1. The summed E-state index contributed by atoms with van der Waals surface area (Å²) >= 11 is 0. The van der Waals surface area contributed by atoms with Crippen molar-refractivity contribution in [3.8, 4) is 11.5 Å². The van der Waals surface area contributed by atoms with E-state index in [1.165, 1.54) is 30.5 Å². The summed E-state index contributed by atoms with van der Waals surface area (Å²) < 4.78 is 26.9. The Bertz CT molecular complexity index is 1550. The van der Waals surface area contributed by atoms with Gasteiger partial charge in [0.15, 0.2) is 0 Å². The highest BCUT2D eigenvalue weighted by Gasteiger charge is 2.38. The molecule has 3 aromatic carbocycles. The molecule has 0 aliphatic carbocycles. The number of aryl methyl sites for hydroxylation is 2. The molecule has 226 valence electrons. The Hall–Kier alpha value is -3.88. The van der Waals surface area contributed by atoms with Crippen LogP contribution in [0.4, 0.5) is 4.39 Å². The topological polar surface area (TPSA) is 59.0 Å². The van der Waals surface area contributed by atoms with E-state index in [2.05, 4.69) is 38.7 Å². The lowest BCUT2D eigenvalue weighted by molar-refractivity contribution is -0.0259. The number of para-hydroxylation sites is 1. The third-order valence-electron chi connectivity index (χ3n) is 8.92. The summed E-state index contributed by atoms with van der Waals surface area (Å²) in [5, 5.41) is 4.03. The number of aromatic nitrogens is 1. The molecule has 1 N–H and O–H groups in total. The minimum atomic E-state index is -0.246. The molecule has 4 aromatic rings. The van der Waals surface area contributed by atoms with Crippen molar-refractivity contribution in [2.24, 2.45) is 0 Å². The number of amides is 1. The first-order valence-corrected chi connectivity index (χ1v) is 15.3. The normalized spacial score (nSPS) is 18.7. The van der Waals surface area contributed by atoms with Crippen LogP contribution in [0.1, 0.15) is 40.7 Å². The first-order chi connectivity index (χ1) is 21.0. The second-order valence-electron chi connectivity index (χ2n) is 11.8. The highest BCUT2D eigenvalue weighted by Crippen LogP contribution is 2.32. The third kappa shape index (κ3) is 6.71. The lowest BCUT2D eigenvalue weighted by atomic mass is 9.90. The zero-order valence-corrected chi connectivity index (χ0v) is 25.1. The molecule has 1 amide bonds. The molecule has 3 saturated heterocycles. The smallest absolute Gasteiger partial charge is 0.253 e. The third-order valence-corrected chi connectivity index (χ3v) is 8.92. The molecule has 2 bridgehead atoms. The largest absolute Gasteiger partial charge is 0.495 e. The molecule has 0 spiro atoms. The van der Waals surface area contributed by atoms with Crippen molar-refractivity contribution >= 4 is 16.8 Å². The van der Waals surface area contributed by atoms with Gasteiger partial charge in [0.05, 0.1) is 18.2 Å². The maximum Gasteiger partial charge on any atom is 0.253 e. The van der Waals surface area contributed by atoms with Crippen LogP contribution in [0.25, 0.3) is 10.9 Å². The van der Waals surface area contributed by atoms with Crippen molar-refractivity contribution in [2.75, 3.05) is 39.9 Å². The average Bonchev–Trinajstić information content (AvgIpc) is 3.40. The van der Waals surface area contributed by atoms with E-state index >= 15 is 0 Å². The monoisotopic (exact) mass is 584 g/mol. The van der Waals surface area contributed by atoms with E-state index in [0.29, 0.717) is 36.5 Å². The van der Waals surface area contributed by atoms with Crippen LogP contribution < -0.4 is 14.8 Å². The van der Waals surface area contributed by atoms with Crippen molar-refractivity contribution in [3.05, 3.63) is 95.4 Å². The number of benzene rings is 3. The SMILES string of the molecule is COc1cccc2c(C(=O)NCc3cccc(C)c3)cn(CCCN3C[C@@H]4CC[C@H]3CN4CCOc3ccc(F)cc3)c12. The van der Waals surface area contributed by atoms with Crippen LogP contribution in [0.3, 0.4) is 0 Å². The maximum absolute atomic E-state index is 13.3. The minimum Gasteiger partial charge on any atom is -0.495 e. The van der Waals surface area contributed by atoms with Crippen molar-refractivity contribution in [2.45, 2.75) is 51.4 Å². The Morgan fingerprint density at radius 1 is 0.953 bits per heavy atom. The average molecular weight is 585 g/mol. The fourth-order valence-corrected chi connectivity index (χ4v) is 6.75. The molecule has 3 fully saturated rings. The summed E-state index contributed by atoms with van der Waals surface area (Å²) in [4.78, 5) is 18.5. The van der Waals surface area contributed by atoms with E-state index in [1.54, 1.807) is 19.2 Å². The van der Waals surface area contributed by atoms with Gasteiger partial charge in [0, 0.05) is 62.9 Å². The summed E-state index contributed by atoms with van der Waals surface area (Å²) in [7, 11) is 1.69. The number of rotatable bonds is 12. The molecule has 3 aliphatic heterocycles. The van der Waals surface area contributed by atoms with Gasteiger partial charge in [-0.1, -0.05) is 42.0 Å². The molecular formula is C35H41FN4O3. The number of methoxy groups -OCH3 is 1. The quantitative estimate of drug-likeness (QED) is 0.234. The molecule has 7 rings (SSSR count). The van der Waals surface area contributed by atoms with Gasteiger partial charge in [0.2, 0.25) is 0 Å². The lowest BCUT2D eigenvalue weighted by Crippen LogP contribution is -2.63. The van der Waals surface area contributed by atoms with Crippen molar-refractivity contribution in [1.82, 2.24) is 19.7 Å². The number of carbonyl (C=O) groups excluding carboxylic acids is 1. The molecular weight excluding hydrogens is 543 g/mol. The van der Waals surface area contributed by atoms with Gasteiger partial charge in [-0.25, -0.2) is 4.39 Å².